The third-order valence-electron chi connectivity index (χ3n) is 1.14. The van der Waals surface area contributed by atoms with E-state index in [-0.39, 0.29) is 0 Å². The van der Waals surface area contributed by atoms with E-state index in [1.165, 1.54) is 0 Å². The molecule has 0 fully saturated rings. The highest BCUT2D eigenvalue weighted by Crippen LogP contribution is 1.93. The molecule has 2 nitrogen and oxygen atoms in total. The van der Waals surface area contributed by atoms with Crippen molar-refractivity contribution in [3.8, 4) is 0 Å². The smallest absolute Gasteiger partial charge is 0.0696 e. The van der Waals surface area contributed by atoms with E-state index in [0.29, 0.717) is 0 Å². The molecule has 0 amide bonds. The maximum absolute atomic E-state index is 8.90. The molecule has 0 bridgehead atoms. The van der Waals surface area contributed by atoms with Crippen LogP contribution in [0.3, 0.4) is 0 Å². The molecule has 0 heterocycles. The molecule has 0 aromatic heterocycles. The number of hydrogen-bond donors (Lipinski definition) is 2. The second kappa shape index (κ2) is 5.74. The molecule has 1 unspecified atom stereocenters. The minimum absolute atomic E-state index is 0.406. The van der Waals surface area contributed by atoms with Crippen LogP contribution in [0.25, 0.3) is 0 Å². The average molecular weight is 153 g/mol. The molecule has 0 spiro atoms. The summed E-state index contributed by atoms with van der Waals surface area (Å²) in [5.41, 5.74) is 0.931. The Morgan fingerprint density at radius 1 is 1.64 bits per heavy atom. The molecule has 0 aromatic rings. The van der Waals surface area contributed by atoms with Crippen molar-refractivity contribution in [2.75, 3.05) is 7.05 Å². The van der Waals surface area contributed by atoms with Crippen molar-refractivity contribution in [1.29, 1.82) is 0 Å². The second-order valence-corrected chi connectivity index (χ2v) is 2.21. The van der Waals surface area contributed by atoms with Gasteiger partial charge in [-0.1, -0.05) is 18.7 Å². The Morgan fingerprint density at radius 2 is 2.27 bits per heavy atom. The molecule has 0 radical (unpaired) electrons. The fourth-order valence-electron chi connectivity index (χ4n) is 0.592. The van der Waals surface area contributed by atoms with Gasteiger partial charge in [-0.15, -0.1) is 0 Å². The quantitative estimate of drug-likeness (QED) is 0.595. The van der Waals surface area contributed by atoms with E-state index in [0.717, 1.165) is 5.70 Å². The number of aliphatic hydroxyl groups is 1. The molecular weight excluding hydrogens is 138 g/mol. The summed E-state index contributed by atoms with van der Waals surface area (Å²) in [6, 6.07) is 0. The van der Waals surface area contributed by atoms with Crippen molar-refractivity contribution < 1.29 is 5.11 Å². The fraction of sp³-hybridized carbons (Fsp3) is 0.333. The topological polar surface area (TPSA) is 32.3 Å². The van der Waals surface area contributed by atoms with Gasteiger partial charge < -0.3 is 10.4 Å². The highest BCUT2D eigenvalue weighted by molar-refractivity contribution is 5.21. The zero-order valence-corrected chi connectivity index (χ0v) is 7.04. The van der Waals surface area contributed by atoms with Gasteiger partial charge in [0.15, 0.2) is 0 Å². The molecule has 0 aliphatic rings. The van der Waals surface area contributed by atoms with Crippen LogP contribution in [0.15, 0.2) is 36.6 Å². The summed E-state index contributed by atoms with van der Waals surface area (Å²) in [5, 5.41) is 11.8. The largest absolute Gasteiger partial charge is 0.389 e. The van der Waals surface area contributed by atoms with E-state index in [4.69, 9.17) is 5.11 Å². The van der Waals surface area contributed by atoms with Gasteiger partial charge in [0.05, 0.1) is 6.10 Å². The van der Waals surface area contributed by atoms with E-state index >= 15 is 0 Å². The third-order valence-corrected chi connectivity index (χ3v) is 1.14. The first-order valence-electron chi connectivity index (χ1n) is 3.57. The van der Waals surface area contributed by atoms with Gasteiger partial charge in [-0.3, -0.25) is 0 Å². The lowest BCUT2D eigenvalue weighted by molar-refractivity contribution is 0.244. The van der Waals surface area contributed by atoms with Crippen molar-refractivity contribution >= 4 is 0 Å². The SMILES string of the molecule is C=C/C=C(\C=C\C(C)O)NC. The fourth-order valence-corrected chi connectivity index (χ4v) is 0.592. The molecule has 2 N–H and O–H groups in total. The first-order chi connectivity index (χ1) is 5.20. The van der Waals surface area contributed by atoms with Crippen LogP contribution in [0.1, 0.15) is 6.92 Å². The lowest BCUT2D eigenvalue weighted by Crippen LogP contribution is -2.03. The van der Waals surface area contributed by atoms with Crippen LogP contribution < -0.4 is 5.32 Å². The summed E-state index contributed by atoms with van der Waals surface area (Å²) >= 11 is 0. The van der Waals surface area contributed by atoms with Gasteiger partial charge in [0, 0.05) is 12.7 Å². The van der Waals surface area contributed by atoms with Crippen molar-refractivity contribution in [3.05, 3.63) is 36.6 Å². The summed E-state index contributed by atoms with van der Waals surface area (Å²) < 4.78 is 0. The zero-order chi connectivity index (χ0) is 8.69. The Balaban J connectivity index is 4.07. The van der Waals surface area contributed by atoms with Crippen LogP contribution in [0, 0.1) is 0 Å². The molecule has 62 valence electrons. The van der Waals surface area contributed by atoms with Crippen LogP contribution in [-0.4, -0.2) is 18.3 Å². The van der Waals surface area contributed by atoms with Gasteiger partial charge in [-0.05, 0) is 19.1 Å². The molecular formula is C9H15NO. The molecule has 1 atom stereocenters. The van der Waals surface area contributed by atoms with Crippen molar-refractivity contribution in [1.82, 2.24) is 5.32 Å². The second-order valence-electron chi connectivity index (χ2n) is 2.21. The molecule has 0 aromatic carbocycles. The minimum Gasteiger partial charge on any atom is -0.389 e. The van der Waals surface area contributed by atoms with Crippen molar-refractivity contribution in [3.63, 3.8) is 0 Å². The van der Waals surface area contributed by atoms with Crippen molar-refractivity contribution in [2.24, 2.45) is 0 Å². The summed E-state index contributed by atoms with van der Waals surface area (Å²) in [5.74, 6) is 0. The van der Waals surface area contributed by atoms with Gasteiger partial charge >= 0.3 is 0 Å². The zero-order valence-electron chi connectivity index (χ0n) is 7.04. The van der Waals surface area contributed by atoms with E-state index in [1.54, 1.807) is 19.1 Å². The first-order valence-corrected chi connectivity index (χ1v) is 3.57. The first kappa shape index (κ1) is 9.98. The van der Waals surface area contributed by atoms with Gasteiger partial charge in [0.1, 0.15) is 0 Å². The summed E-state index contributed by atoms with van der Waals surface area (Å²) in [6.07, 6.45) is 6.63. The monoisotopic (exact) mass is 153 g/mol. The highest BCUT2D eigenvalue weighted by atomic mass is 16.3. The van der Waals surface area contributed by atoms with Crippen LogP contribution in [0.4, 0.5) is 0 Å². The number of hydrogen-bond acceptors (Lipinski definition) is 2. The Kier molecular flexibility index (Phi) is 5.21. The summed E-state index contributed by atoms with van der Waals surface area (Å²) in [4.78, 5) is 0. The average Bonchev–Trinajstić information content (AvgIpc) is 1.97. The molecule has 11 heavy (non-hydrogen) atoms. The summed E-state index contributed by atoms with van der Waals surface area (Å²) in [7, 11) is 1.82. The molecule has 0 aliphatic carbocycles. The van der Waals surface area contributed by atoms with E-state index in [1.807, 2.05) is 19.2 Å². The lowest BCUT2D eigenvalue weighted by Gasteiger charge is -1.99. The predicted octanol–water partition coefficient (Wildman–Crippen LogP) is 1.21. The van der Waals surface area contributed by atoms with Crippen molar-refractivity contribution in [2.45, 2.75) is 13.0 Å². The lowest BCUT2D eigenvalue weighted by atomic mass is 10.3. The van der Waals surface area contributed by atoms with E-state index in [2.05, 4.69) is 11.9 Å². The van der Waals surface area contributed by atoms with Gasteiger partial charge in [-0.2, -0.15) is 0 Å². The number of allylic oxidation sites excluding steroid dienone is 3. The molecule has 2 heteroatoms. The molecule has 0 saturated carbocycles. The number of aliphatic hydroxyl groups excluding tert-OH is 1. The Labute approximate surface area is 67.9 Å². The van der Waals surface area contributed by atoms with Crippen LogP contribution in [0.2, 0.25) is 0 Å². The van der Waals surface area contributed by atoms with E-state index in [9.17, 15) is 0 Å². The number of rotatable bonds is 4. The molecule has 0 rings (SSSR count). The maximum Gasteiger partial charge on any atom is 0.0696 e. The van der Waals surface area contributed by atoms with E-state index < -0.39 is 6.10 Å². The molecule has 0 aliphatic heterocycles. The van der Waals surface area contributed by atoms with Gasteiger partial charge in [0.2, 0.25) is 0 Å². The maximum atomic E-state index is 8.90. The van der Waals surface area contributed by atoms with Crippen LogP contribution in [0.5, 0.6) is 0 Å². The third kappa shape index (κ3) is 5.43. The standard InChI is InChI=1S/C9H15NO/c1-4-5-9(10-3)7-6-8(2)11/h4-8,10-11H,1H2,2-3H3/b7-6+,9-5+. The number of nitrogens with one attached hydrogen (secondary N) is 1. The highest BCUT2D eigenvalue weighted by Gasteiger charge is 1.86. The van der Waals surface area contributed by atoms with Gasteiger partial charge in [0.25, 0.3) is 0 Å². The molecule has 0 saturated heterocycles. The Morgan fingerprint density at radius 3 is 2.64 bits per heavy atom. The normalized spacial score (nSPS) is 15.0. The van der Waals surface area contributed by atoms with Crippen LogP contribution in [-0.2, 0) is 0 Å². The van der Waals surface area contributed by atoms with Crippen LogP contribution >= 0.6 is 0 Å². The number of likely N-dealkylation sites (N-methyl/N-ethyl adjacent to an activating group) is 1. The predicted molar refractivity (Wildman–Crippen MR) is 48.2 cm³/mol. The summed E-state index contributed by atoms with van der Waals surface area (Å²) in [6.45, 7) is 5.27. The minimum atomic E-state index is -0.406. The Bertz CT molecular complexity index is 168. The van der Waals surface area contributed by atoms with Gasteiger partial charge in [-0.25, -0.2) is 0 Å². The Hall–Kier alpha value is -1.02.